The smallest absolute Gasteiger partial charge is 0.306 e. The molecule has 1 aromatic rings. The van der Waals surface area contributed by atoms with E-state index in [-0.39, 0.29) is 11.3 Å². The van der Waals surface area contributed by atoms with Gasteiger partial charge in [0.1, 0.15) is 12.8 Å². The zero-order valence-electron chi connectivity index (χ0n) is 17.1. The monoisotopic (exact) mass is 483 g/mol. The van der Waals surface area contributed by atoms with Gasteiger partial charge in [0, 0.05) is 12.7 Å². The van der Waals surface area contributed by atoms with Crippen molar-refractivity contribution in [2.45, 2.75) is 67.3 Å². The van der Waals surface area contributed by atoms with Crippen molar-refractivity contribution in [1.82, 2.24) is 5.32 Å². The Bertz CT molecular complexity index is 787. The third-order valence-electron chi connectivity index (χ3n) is 4.44. The molecule has 1 rings (SSSR count). The van der Waals surface area contributed by atoms with Crippen LogP contribution in [0.1, 0.15) is 57.1 Å². The molecule has 6 nitrogen and oxygen atoms in total. The van der Waals surface area contributed by atoms with E-state index in [9.17, 15) is 22.4 Å². The van der Waals surface area contributed by atoms with Crippen molar-refractivity contribution in [3.8, 4) is 0 Å². The van der Waals surface area contributed by atoms with Crippen molar-refractivity contribution in [1.29, 1.82) is 0 Å². The van der Waals surface area contributed by atoms with Gasteiger partial charge in [-0.3, -0.25) is 9.59 Å². The molecule has 2 atom stereocenters. The van der Waals surface area contributed by atoms with Crippen LogP contribution in [0.3, 0.4) is 0 Å². The Morgan fingerprint density at radius 2 is 1.70 bits per heavy atom. The summed E-state index contributed by atoms with van der Waals surface area (Å²) >= 11 is 11.0. The number of carbonyl (C=O) groups is 2. The Kier molecular flexibility index (Phi) is 11.7. The molecule has 30 heavy (non-hydrogen) atoms. The number of unbranched alkanes of at least 4 members (excludes halogenated alkanes) is 4. The fraction of sp³-hybridized carbons (Fsp3) is 0.600. The molecule has 0 fully saturated rings. The first-order valence-corrected chi connectivity index (χ1v) is 12.5. The molecule has 0 radical (unpaired) electrons. The molecule has 0 aliphatic carbocycles. The van der Waals surface area contributed by atoms with Gasteiger partial charge >= 0.3 is 5.97 Å². The van der Waals surface area contributed by atoms with E-state index in [0.29, 0.717) is 12.0 Å². The number of rotatable bonds is 13. The summed E-state index contributed by atoms with van der Waals surface area (Å²) in [4.78, 5) is 22.8. The van der Waals surface area contributed by atoms with Gasteiger partial charge in [-0.2, -0.15) is 0 Å². The fourth-order valence-electron chi connectivity index (χ4n) is 2.80. The first-order valence-electron chi connectivity index (χ1n) is 9.74. The van der Waals surface area contributed by atoms with E-state index in [2.05, 4.69) is 12.2 Å². The summed E-state index contributed by atoms with van der Waals surface area (Å²) in [6.07, 6.45) is 4.73. The van der Waals surface area contributed by atoms with Crippen molar-refractivity contribution in [3.63, 3.8) is 0 Å². The Morgan fingerprint density at radius 1 is 1.10 bits per heavy atom. The lowest BCUT2D eigenvalue weighted by atomic mass is 10.0. The molecule has 0 spiro atoms. The predicted molar refractivity (Wildman–Crippen MR) is 115 cm³/mol. The van der Waals surface area contributed by atoms with Crippen molar-refractivity contribution in [3.05, 3.63) is 29.8 Å². The highest BCUT2D eigenvalue weighted by Gasteiger charge is 2.30. The molecule has 1 aromatic carbocycles. The second-order valence-corrected chi connectivity index (χ2v) is 10.1. The minimum Gasteiger partial charge on any atom is -0.455 e. The third kappa shape index (κ3) is 9.18. The molecule has 0 heterocycles. The van der Waals surface area contributed by atoms with E-state index >= 15 is 0 Å². The topological polar surface area (TPSA) is 89.5 Å². The van der Waals surface area contributed by atoms with Crippen LogP contribution >= 0.6 is 23.2 Å². The van der Waals surface area contributed by atoms with Gasteiger partial charge in [-0.05, 0) is 24.1 Å². The van der Waals surface area contributed by atoms with Crippen molar-refractivity contribution < 1.29 is 27.1 Å². The lowest BCUT2D eigenvalue weighted by molar-refractivity contribution is -0.152. The predicted octanol–water partition coefficient (Wildman–Crippen LogP) is 4.29. The van der Waals surface area contributed by atoms with Gasteiger partial charge in [0.2, 0.25) is 0 Å². The summed E-state index contributed by atoms with van der Waals surface area (Å²) < 4.78 is 42.5. The van der Waals surface area contributed by atoms with E-state index < -0.39 is 45.4 Å². The highest BCUT2D eigenvalue weighted by Crippen LogP contribution is 2.25. The number of esters is 1. The Balaban J connectivity index is 3.00. The van der Waals surface area contributed by atoms with Crippen LogP contribution in [0.2, 0.25) is 0 Å². The molecule has 0 aliphatic rings. The maximum atomic E-state index is 13.7. The number of nitrogens with one attached hydrogen (secondary N) is 1. The van der Waals surface area contributed by atoms with Crippen LogP contribution < -0.4 is 5.32 Å². The van der Waals surface area contributed by atoms with Gasteiger partial charge in [-0.15, -0.1) is 0 Å². The zero-order valence-corrected chi connectivity index (χ0v) is 19.4. The normalized spacial score (nSPS) is 13.7. The number of carbonyl (C=O) groups excluding carboxylic acids is 2. The molecule has 170 valence electrons. The van der Waals surface area contributed by atoms with E-state index in [1.165, 1.54) is 24.3 Å². The van der Waals surface area contributed by atoms with Crippen molar-refractivity contribution >= 4 is 44.9 Å². The van der Waals surface area contributed by atoms with Crippen LogP contribution in [0.5, 0.6) is 0 Å². The van der Waals surface area contributed by atoms with Gasteiger partial charge in [0.25, 0.3) is 5.91 Å². The van der Waals surface area contributed by atoms with Crippen LogP contribution in [0.25, 0.3) is 0 Å². The lowest BCUT2D eigenvalue weighted by Crippen LogP contribution is -2.44. The molecule has 0 saturated carbocycles. The molecular weight excluding hydrogens is 456 g/mol. The average molecular weight is 484 g/mol. The third-order valence-corrected chi connectivity index (χ3v) is 5.96. The summed E-state index contributed by atoms with van der Waals surface area (Å²) in [5.41, 5.74) is 0.338. The van der Waals surface area contributed by atoms with Gasteiger partial charge in [0.15, 0.2) is 14.7 Å². The Hall–Kier alpha value is -1.38. The van der Waals surface area contributed by atoms with Crippen LogP contribution in [0.4, 0.5) is 4.39 Å². The SMILES string of the molecule is CCCCCCCC(=O)O[C@H](c1ccc(S(C)(=O)=O)cc1)C(CF)NC(=O)C(Cl)Cl. The number of benzene rings is 1. The standard InChI is InChI=1S/C20H28Cl2FNO5S/c1-3-4-5-6-7-8-17(25)29-18(16(13-23)24-20(26)19(21)22)14-9-11-15(12-10-14)30(2,27)28/h9-12,16,18-19H,3-8,13H2,1-2H3,(H,24,26)/t16?,18-/m1/s1. The van der Waals surface area contributed by atoms with E-state index in [4.69, 9.17) is 27.9 Å². The highest BCUT2D eigenvalue weighted by molar-refractivity contribution is 7.90. The lowest BCUT2D eigenvalue weighted by Gasteiger charge is -2.27. The molecule has 0 saturated heterocycles. The largest absolute Gasteiger partial charge is 0.455 e. The number of sulfone groups is 1. The number of halogens is 3. The second kappa shape index (κ2) is 13.1. The molecule has 10 heteroatoms. The Morgan fingerprint density at radius 3 is 2.20 bits per heavy atom. The quantitative estimate of drug-likeness (QED) is 0.256. The summed E-state index contributed by atoms with van der Waals surface area (Å²) in [5.74, 6) is -1.36. The minimum absolute atomic E-state index is 0.0645. The average Bonchev–Trinajstić information content (AvgIpc) is 2.69. The van der Waals surface area contributed by atoms with E-state index in [0.717, 1.165) is 31.9 Å². The maximum Gasteiger partial charge on any atom is 0.306 e. The first kappa shape index (κ1) is 26.7. The molecule has 0 bridgehead atoms. The fourth-order valence-corrected chi connectivity index (χ4v) is 3.56. The molecule has 1 unspecified atom stereocenters. The summed E-state index contributed by atoms with van der Waals surface area (Å²) in [5, 5.41) is 2.33. The van der Waals surface area contributed by atoms with Crippen LogP contribution in [0, 0.1) is 0 Å². The molecule has 1 amide bonds. The second-order valence-electron chi connectivity index (χ2n) is 6.99. The van der Waals surface area contributed by atoms with Gasteiger partial charge in [-0.25, -0.2) is 12.8 Å². The highest BCUT2D eigenvalue weighted by atomic mass is 35.5. The summed E-state index contributed by atoms with van der Waals surface area (Å²) in [6.45, 7) is 1.04. The number of amides is 1. The van der Waals surface area contributed by atoms with Crippen molar-refractivity contribution in [2.75, 3.05) is 12.9 Å². The van der Waals surface area contributed by atoms with E-state index in [1.807, 2.05) is 0 Å². The maximum absolute atomic E-state index is 13.7. The van der Waals surface area contributed by atoms with Gasteiger partial charge in [0.05, 0.1) is 10.9 Å². The summed E-state index contributed by atoms with van der Waals surface area (Å²) in [6, 6.07) is 4.27. The minimum atomic E-state index is -3.43. The number of alkyl halides is 3. The molecular formula is C20H28Cl2FNO5S. The van der Waals surface area contributed by atoms with Gasteiger partial charge < -0.3 is 10.1 Å². The summed E-state index contributed by atoms with van der Waals surface area (Å²) in [7, 11) is -3.43. The number of hydrogen-bond acceptors (Lipinski definition) is 5. The number of hydrogen-bond donors (Lipinski definition) is 1. The molecule has 0 aromatic heterocycles. The molecule has 0 aliphatic heterocycles. The zero-order chi connectivity index (χ0) is 22.7. The van der Waals surface area contributed by atoms with Gasteiger partial charge in [-0.1, -0.05) is 67.9 Å². The van der Waals surface area contributed by atoms with Crippen LogP contribution in [-0.2, 0) is 24.2 Å². The van der Waals surface area contributed by atoms with Crippen molar-refractivity contribution in [2.24, 2.45) is 0 Å². The van der Waals surface area contributed by atoms with E-state index in [1.54, 1.807) is 0 Å². The molecule has 1 N–H and O–H groups in total. The van der Waals surface area contributed by atoms with Crippen LogP contribution in [-0.4, -0.2) is 44.1 Å². The van der Waals surface area contributed by atoms with Crippen LogP contribution in [0.15, 0.2) is 29.2 Å². The Labute approximate surface area is 187 Å². The first-order chi connectivity index (χ1) is 14.1. The number of ether oxygens (including phenoxy) is 1.